The number of anilines is 1. The van der Waals surface area contributed by atoms with Crippen LogP contribution in [-0.2, 0) is 25.5 Å². The minimum absolute atomic E-state index is 0.0186. The Morgan fingerprint density at radius 3 is 2.34 bits per heavy atom. The largest absolute Gasteiger partial charge is 0.480 e. The summed E-state index contributed by atoms with van der Waals surface area (Å²) in [6.45, 7) is 11.1. The zero-order valence-corrected chi connectivity index (χ0v) is 27.3. The first-order valence-corrected chi connectivity index (χ1v) is 15.2. The first-order chi connectivity index (χ1) is 22.0. The quantitative estimate of drug-likeness (QED) is 0.276. The number of hydrogen-bond donors (Lipinski definition) is 3. The number of nitrogens with zero attached hydrogens (tertiary/aromatic N) is 3. The second-order valence-electron chi connectivity index (χ2n) is 13.3. The van der Waals surface area contributed by atoms with E-state index < -0.39 is 53.0 Å². The molecule has 1 fully saturated rings. The molecule has 0 bridgehead atoms. The molecule has 2 aromatic carbocycles. The van der Waals surface area contributed by atoms with Crippen LogP contribution in [-0.4, -0.2) is 74.5 Å². The molecule has 0 saturated carbocycles. The van der Waals surface area contributed by atoms with Crippen LogP contribution >= 0.6 is 0 Å². The Bertz CT molecular complexity index is 1610. The number of rotatable bonds is 8. The van der Waals surface area contributed by atoms with E-state index in [-0.39, 0.29) is 30.2 Å². The van der Waals surface area contributed by atoms with Crippen molar-refractivity contribution in [3.63, 3.8) is 0 Å². The van der Waals surface area contributed by atoms with Crippen molar-refractivity contribution >= 4 is 29.8 Å². The fourth-order valence-electron chi connectivity index (χ4n) is 4.84. The number of carboxylic acid groups (broad SMARTS) is 1. The molecular weight excluding hydrogens is 613 g/mol. The zero-order chi connectivity index (χ0) is 34.5. The Morgan fingerprint density at radius 2 is 1.72 bits per heavy atom. The monoisotopic (exact) mass is 653 g/mol. The maximum Gasteiger partial charge on any atom is 0.412 e. The van der Waals surface area contributed by atoms with E-state index in [1.54, 1.807) is 65.8 Å². The van der Waals surface area contributed by atoms with E-state index in [2.05, 4.69) is 20.8 Å². The number of carboxylic acids is 1. The number of ether oxygens (including phenoxy) is 2. The van der Waals surface area contributed by atoms with Crippen LogP contribution in [0.3, 0.4) is 0 Å². The SMILES string of the molecule is CC(C)(C)OC(=O)Nc1ccc(-c2nc(-c3ccc(CC(NC(=O)C4CCCN(C(=O)OC(C)(C)C)C4)C(=O)O)cc3F)no2)cc1. The van der Waals surface area contributed by atoms with Gasteiger partial charge < -0.3 is 29.3 Å². The highest BCUT2D eigenvalue weighted by Crippen LogP contribution is 2.27. The van der Waals surface area contributed by atoms with E-state index in [0.29, 0.717) is 36.2 Å². The summed E-state index contributed by atoms with van der Waals surface area (Å²) in [5.41, 5.74) is 0.0501. The number of nitrogens with one attached hydrogen (secondary N) is 2. The minimum Gasteiger partial charge on any atom is -0.480 e. The summed E-state index contributed by atoms with van der Waals surface area (Å²) in [5.74, 6) is -3.00. The summed E-state index contributed by atoms with van der Waals surface area (Å²) in [4.78, 5) is 55.3. The maximum absolute atomic E-state index is 15.2. The van der Waals surface area contributed by atoms with Crippen molar-refractivity contribution < 1.29 is 42.7 Å². The molecule has 3 N–H and O–H groups in total. The molecule has 1 aromatic heterocycles. The van der Waals surface area contributed by atoms with Crippen LogP contribution in [0.2, 0.25) is 0 Å². The van der Waals surface area contributed by atoms with Crippen LogP contribution in [0.25, 0.3) is 22.8 Å². The van der Waals surface area contributed by atoms with E-state index in [4.69, 9.17) is 14.0 Å². The predicted octanol–water partition coefficient (Wildman–Crippen LogP) is 5.65. The molecule has 0 radical (unpaired) electrons. The van der Waals surface area contributed by atoms with Crippen LogP contribution in [0.4, 0.5) is 19.7 Å². The molecule has 1 aliphatic rings. The molecule has 2 unspecified atom stereocenters. The molecule has 0 aliphatic carbocycles. The summed E-state index contributed by atoms with van der Waals surface area (Å²) in [6, 6.07) is 9.32. The first kappa shape index (κ1) is 34.9. The maximum atomic E-state index is 15.2. The van der Waals surface area contributed by atoms with Crippen LogP contribution in [0.5, 0.6) is 0 Å². The summed E-state index contributed by atoms with van der Waals surface area (Å²) < 4.78 is 31.2. The Hall–Kier alpha value is -5.01. The Balaban J connectivity index is 1.38. The summed E-state index contributed by atoms with van der Waals surface area (Å²) in [6.07, 6.45) is -0.254. The lowest BCUT2D eigenvalue weighted by molar-refractivity contribution is -0.142. The van der Waals surface area contributed by atoms with E-state index in [1.807, 2.05) is 0 Å². The third-order valence-corrected chi connectivity index (χ3v) is 6.98. The van der Waals surface area contributed by atoms with Gasteiger partial charge in [-0.3, -0.25) is 10.1 Å². The smallest absolute Gasteiger partial charge is 0.412 e. The normalized spacial score (nSPS) is 15.8. The third kappa shape index (κ3) is 9.99. The molecule has 1 aliphatic heterocycles. The molecule has 14 heteroatoms. The van der Waals surface area contributed by atoms with Crippen molar-refractivity contribution in [2.45, 2.75) is 78.0 Å². The van der Waals surface area contributed by atoms with Crippen LogP contribution < -0.4 is 10.6 Å². The van der Waals surface area contributed by atoms with Crippen molar-refractivity contribution in [1.29, 1.82) is 0 Å². The number of halogens is 1. The topological polar surface area (TPSA) is 173 Å². The van der Waals surface area contributed by atoms with Gasteiger partial charge >= 0.3 is 18.2 Å². The average molecular weight is 654 g/mol. The Morgan fingerprint density at radius 1 is 1.04 bits per heavy atom. The van der Waals surface area contributed by atoms with Crippen molar-refractivity contribution in [1.82, 2.24) is 20.4 Å². The number of amides is 3. The fourth-order valence-corrected chi connectivity index (χ4v) is 4.84. The standard InChI is InChI=1S/C33H40FN5O8/c1-32(2,3)45-30(43)35-22-12-10-20(11-13-22)28-37-26(38-47-28)23-14-9-19(16-24(23)34)17-25(29(41)42)36-27(40)21-8-7-15-39(18-21)31(44)46-33(4,5)6/h9-14,16,21,25H,7-8,15,17-18H2,1-6H3,(H,35,43)(H,36,40)(H,41,42). The lowest BCUT2D eigenvalue weighted by atomic mass is 9.96. The van der Waals surface area contributed by atoms with Gasteiger partial charge in [-0.05, 0) is 96.3 Å². The molecule has 3 aromatic rings. The Kier molecular flexibility index (Phi) is 10.5. The van der Waals surface area contributed by atoms with Gasteiger partial charge in [0, 0.05) is 30.8 Å². The average Bonchev–Trinajstić information content (AvgIpc) is 3.45. The summed E-state index contributed by atoms with van der Waals surface area (Å²) in [5, 5.41) is 18.9. The molecule has 1 saturated heterocycles. The van der Waals surface area contributed by atoms with Gasteiger partial charge in [-0.25, -0.2) is 18.8 Å². The van der Waals surface area contributed by atoms with Crippen LogP contribution in [0.15, 0.2) is 47.0 Å². The lowest BCUT2D eigenvalue weighted by Crippen LogP contribution is -2.50. The fraction of sp³-hybridized carbons (Fsp3) is 0.455. The zero-order valence-electron chi connectivity index (χ0n) is 27.3. The third-order valence-electron chi connectivity index (χ3n) is 6.98. The lowest BCUT2D eigenvalue weighted by Gasteiger charge is -2.33. The molecular formula is C33H40FN5O8. The van der Waals surface area contributed by atoms with Crippen LogP contribution in [0, 0.1) is 11.7 Å². The first-order valence-electron chi connectivity index (χ1n) is 15.2. The molecule has 3 amide bonds. The summed E-state index contributed by atoms with van der Waals surface area (Å²) in [7, 11) is 0. The highest BCUT2D eigenvalue weighted by atomic mass is 19.1. The number of benzene rings is 2. The molecule has 0 spiro atoms. The van der Waals surface area contributed by atoms with E-state index in [0.717, 1.165) is 6.07 Å². The van der Waals surface area contributed by atoms with E-state index >= 15 is 4.39 Å². The number of hydrogen-bond acceptors (Lipinski definition) is 9. The minimum atomic E-state index is -1.32. The molecule has 47 heavy (non-hydrogen) atoms. The number of aromatic nitrogens is 2. The highest BCUT2D eigenvalue weighted by Gasteiger charge is 2.33. The van der Waals surface area contributed by atoms with Gasteiger partial charge in [-0.2, -0.15) is 4.98 Å². The van der Waals surface area contributed by atoms with Gasteiger partial charge in [0.15, 0.2) is 0 Å². The second-order valence-corrected chi connectivity index (χ2v) is 13.3. The van der Waals surface area contributed by atoms with Crippen LogP contribution in [0.1, 0.15) is 59.9 Å². The van der Waals surface area contributed by atoms with Crippen molar-refractivity contribution in [3.05, 3.63) is 53.8 Å². The number of carbonyl (C=O) groups is 4. The Labute approximate surface area is 271 Å². The summed E-state index contributed by atoms with van der Waals surface area (Å²) >= 11 is 0. The van der Waals surface area contributed by atoms with Crippen molar-refractivity contribution in [2.24, 2.45) is 5.92 Å². The van der Waals surface area contributed by atoms with Gasteiger partial charge in [0.05, 0.1) is 11.5 Å². The molecule has 252 valence electrons. The van der Waals surface area contributed by atoms with Gasteiger partial charge in [-0.15, -0.1) is 0 Å². The number of aliphatic carboxylic acids is 1. The molecule has 4 rings (SSSR count). The second kappa shape index (κ2) is 14.2. The number of piperidine rings is 1. The van der Waals surface area contributed by atoms with Gasteiger partial charge in [0.25, 0.3) is 5.89 Å². The van der Waals surface area contributed by atoms with Crippen molar-refractivity contribution in [2.75, 3.05) is 18.4 Å². The molecule has 2 atom stereocenters. The number of likely N-dealkylation sites (tertiary alicyclic amines) is 1. The number of carbonyl (C=O) groups excluding carboxylic acids is 3. The van der Waals surface area contributed by atoms with Gasteiger partial charge in [0.1, 0.15) is 23.1 Å². The van der Waals surface area contributed by atoms with Gasteiger partial charge in [0.2, 0.25) is 11.7 Å². The van der Waals surface area contributed by atoms with E-state index in [1.165, 1.54) is 17.0 Å². The van der Waals surface area contributed by atoms with Gasteiger partial charge in [-0.1, -0.05) is 11.2 Å². The van der Waals surface area contributed by atoms with Crippen molar-refractivity contribution in [3.8, 4) is 22.8 Å². The highest BCUT2D eigenvalue weighted by molar-refractivity contribution is 5.86. The van der Waals surface area contributed by atoms with E-state index in [9.17, 15) is 24.3 Å². The predicted molar refractivity (Wildman–Crippen MR) is 169 cm³/mol. The molecule has 13 nitrogen and oxygen atoms in total. The molecule has 2 heterocycles.